The third kappa shape index (κ3) is 5.40. The Bertz CT molecular complexity index is 1030. The molecule has 8 N–H and O–H groups in total. The Morgan fingerprint density at radius 1 is 0.730 bits per heavy atom. The summed E-state index contributed by atoms with van der Waals surface area (Å²) in [5, 5.41) is 0. The first-order chi connectivity index (χ1) is 17.7. The summed E-state index contributed by atoms with van der Waals surface area (Å²) in [6.45, 7) is 5.57. The topological polar surface area (TPSA) is 170 Å². The van der Waals surface area contributed by atoms with Gasteiger partial charge in [-0.05, 0) is 38.2 Å². The second kappa shape index (κ2) is 10.5. The zero-order chi connectivity index (χ0) is 26.2. The van der Waals surface area contributed by atoms with E-state index >= 15 is 0 Å². The van der Waals surface area contributed by atoms with Crippen LogP contribution in [0.25, 0.3) is 0 Å². The highest BCUT2D eigenvalue weighted by Crippen LogP contribution is 2.37. The number of carbonyl (C=O) groups excluding carboxylic acids is 1. The molecule has 3 aliphatic rings. The largest absolute Gasteiger partial charge is 0.341 e. The molecule has 3 aliphatic heterocycles. The average molecular weight is 509 g/mol. The van der Waals surface area contributed by atoms with Crippen LogP contribution in [0.5, 0.6) is 0 Å². The summed E-state index contributed by atoms with van der Waals surface area (Å²) in [6, 6.07) is 9.93. The van der Waals surface area contributed by atoms with Crippen LogP contribution < -0.4 is 37.6 Å². The lowest BCUT2D eigenvalue weighted by Gasteiger charge is -2.41. The number of benzene rings is 1. The van der Waals surface area contributed by atoms with Gasteiger partial charge >= 0.3 is 0 Å². The molecule has 1 aromatic heterocycles. The molecule has 4 heterocycles. The fourth-order valence-electron chi connectivity index (χ4n) is 6.14. The van der Waals surface area contributed by atoms with Gasteiger partial charge in [-0.25, -0.2) is 0 Å². The molecule has 5 rings (SSSR count). The lowest BCUT2D eigenvalue weighted by atomic mass is 9.70. The standard InChI is InChI=1S/C26H40N10O/c1-17(37)26(18-5-3-2-4-6-18)7-9-34(10-8-26)23-31-24(35-13-19(27)11-20(28)14-35)33-25(32-23)36-15-21(29)12-22(30)16-36/h2-6,19-22H,7-16,27-30H2,1H3. The predicted molar refractivity (Wildman–Crippen MR) is 146 cm³/mol. The highest BCUT2D eigenvalue weighted by atomic mass is 16.1. The van der Waals surface area contributed by atoms with Gasteiger partial charge in [0.25, 0.3) is 0 Å². The summed E-state index contributed by atoms with van der Waals surface area (Å²) >= 11 is 0. The van der Waals surface area contributed by atoms with Gasteiger partial charge in [0, 0.05) is 63.4 Å². The smallest absolute Gasteiger partial charge is 0.232 e. The third-order valence-corrected chi connectivity index (χ3v) is 8.10. The summed E-state index contributed by atoms with van der Waals surface area (Å²) in [4.78, 5) is 33.8. The van der Waals surface area contributed by atoms with E-state index in [0.29, 0.717) is 70.0 Å². The van der Waals surface area contributed by atoms with Crippen molar-refractivity contribution in [1.29, 1.82) is 0 Å². The Hall–Kier alpha value is -2.86. The van der Waals surface area contributed by atoms with Crippen molar-refractivity contribution in [3.8, 4) is 0 Å². The van der Waals surface area contributed by atoms with E-state index in [2.05, 4.69) is 26.8 Å². The van der Waals surface area contributed by atoms with Gasteiger partial charge in [-0.2, -0.15) is 15.0 Å². The lowest BCUT2D eigenvalue weighted by molar-refractivity contribution is -0.123. The van der Waals surface area contributed by atoms with Crippen molar-refractivity contribution in [2.75, 3.05) is 54.0 Å². The van der Waals surface area contributed by atoms with E-state index < -0.39 is 5.41 Å². The number of aromatic nitrogens is 3. The molecule has 0 amide bonds. The van der Waals surface area contributed by atoms with Crippen LogP contribution in [-0.2, 0) is 10.2 Å². The van der Waals surface area contributed by atoms with Gasteiger partial charge in [-0.1, -0.05) is 30.3 Å². The summed E-state index contributed by atoms with van der Waals surface area (Å²) in [5.74, 6) is 1.95. The Labute approximate surface area is 218 Å². The molecule has 200 valence electrons. The molecule has 4 unspecified atom stereocenters. The number of nitrogens with two attached hydrogens (primary N) is 4. The van der Waals surface area contributed by atoms with Crippen molar-refractivity contribution in [1.82, 2.24) is 15.0 Å². The third-order valence-electron chi connectivity index (χ3n) is 8.10. The number of hydrogen-bond acceptors (Lipinski definition) is 11. The zero-order valence-electron chi connectivity index (χ0n) is 21.7. The van der Waals surface area contributed by atoms with Crippen LogP contribution in [0.1, 0.15) is 38.2 Å². The summed E-state index contributed by atoms with van der Waals surface area (Å²) in [7, 11) is 0. The molecular formula is C26H40N10O. The molecule has 4 atom stereocenters. The molecular weight excluding hydrogens is 468 g/mol. The van der Waals surface area contributed by atoms with Crippen molar-refractivity contribution in [3.05, 3.63) is 35.9 Å². The molecule has 11 nitrogen and oxygen atoms in total. The van der Waals surface area contributed by atoms with Gasteiger partial charge in [0.2, 0.25) is 17.8 Å². The minimum atomic E-state index is -0.491. The van der Waals surface area contributed by atoms with Crippen molar-refractivity contribution in [2.24, 2.45) is 22.9 Å². The minimum absolute atomic E-state index is 0.0405. The van der Waals surface area contributed by atoms with Crippen LogP contribution in [0.2, 0.25) is 0 Å². The van der Waals surface area contributed by atoms with Crippen molar-refractivity contribution >= 4 is 23.6 Å². The van der Waals surface area contributed by atoms with E-state index in [1.54, 1.807) is 6.92 Å². The molecule has 0 saturated carbocycles. The summed E-state index contributed by atoms with van der Waals surface area (Å²) < 4.78 is 0. The number of ketones is 1. The van der Waals surface area contributed by atoms with Crippen LogP contribution in [0, 0.1) is 0 Å². The molecule has 3 saturated heterocycles. The molecule has 1 aromatic carbocycles. The fourth-order valence-corrected chi connectivity index (χ4v) is 6.14. The second-order valence-corrected chi connectivity index (χ2v) is 11.0. The number of nitrogens with zero attached hydrogens (tertiary/aromatic N) is 6. The van der Waals surface area contributed by atoms with Gasteiger partial charge in [-0.15, -0.1) is 0 Å². The first kappa shape index (κ1) is 25.8. The molecule has 3 fully saturated rings. The maximum atomic E-state index is 12.9. The van der Waals surface area contributed by atoms with Gasteiger partial charge in [0.15, 0.2) is 0 Å². The molecule has 0 bridgehead atoms. The Kier molecular flexibility index (Phi) is 7.30. The molecule has 0 spiro atoms. The van der Waals surface area contributed by atoms with Crippen LogP contribution in [-0.4, -0.2) is 84.2 Å². The Balaban J connectivity index is 1.45. The highest BCUT2D eigenvalue weighted by molar-refractivity contribution is 5.88. The van der Waals surface area contributed by atoms with Gasteiger partial charge in [0.1, 0.15) is 5.78 Å². The van der Waals surface area contributed by atoms with E-state index in [0.717, 1.165) is 18.4 Å². The second-order valence-electron chi connectivity index (χ2n) is 11.0. The van der Waals surface area contributed by atoms with Gasteiger partial charge < -0.3 is 37.6 Å². The minimum Gasteiger partial charge on any atom is -0.341 e. The SMILES string of the molecule is CC(=O)C1(c2ccccc2)CCN(c2nc(N3CC(N)CC(N)C3)nc(N3CC(N)CC(N)C3)n2)CC1. The molecule has 2 aromatic rings. The Morgan fingerprint density at radius 3 is 1.54 bits per heavy atom. The van der Waals surface area contributed by atoms with Crippen LogP contribution in [0.3, 0.4) is 0 Å². The molecule has 0 aliphatic carbocycles. The lowest BCUT2D eigenvalue weighted by Crippen LogP contribution is -2.54. The van der Waals surface area contributed by atoms with Crippen LogP contribution in [0.4, 0.5) is 17.8 Å². The number of rotatable bonds is 5. The molecule has 37 heavy (non-hydrogen) atoms. The molecule has 0 radical (unpaired) electrons. The number of hydrogen-bond donors (Lipinski definition) is 4. The average Bonchev–Trinajstić information content (AvgIpc) is 2.88. The van der Waals surface area contributed by atoms with Crippen molar-refractivity contribution < 1.29 is 4.79 Å². The number of piperidine rings is 3. The molecule has 11 heteroatoms. The van der Waals surface area contributed by atoms with Gasteiger partial charge in [0.05, 0.1) is 5.41 Å². The maximum Gasteiger partial charge on any atom is 0.232 e. The fraction of sp³-hybridized carbons (Fsp3) is 0.615. The van der Waals surface area contributed by atoms with E-state index in [1.807, 2.05) is 18.2 Å². The van der Waals surface area contributed by atoms with Crippen LogP contribution in [0.15, 0.2) is 30.3 Å². The number of carbonyl (C=O) groups is 1. The first-order valence-corrected chi connectivity index (χ1v) is 13.3. The normalized spacial score (nSPS) is 28.3. The van der Waals surface area contributed by atoms with E-state index in [9.17, 15) is 4.79 Å². The highest BCUT2D eigenvalue weighted by Gasteiger charge is 2.41. The van der Waals surface area contributed by atoms with Crippen molar-refractivity contribution in [3.63, 3.8) is 0 Å². The quantitative estimate of drug-likeness (QED) is 0.419. The zero-order valence-corrected chi connectivity index (χ0v) is 21.7. The predicted octanol–water partition coefficient (Wildman–Crippen LogP) is -0.272. The van der Waals surface area contributed by atoms with Gasteiger partial charge in [-0.3, -0.25) is 4.79 Å². The van der Waals surface area contributed by atoms with E-state index in [4.69, 9.17) is 37.9 Å². The van der Waals surface area contributed by atoms with E-state index in [-0.39, 0.29) is 30.0 Å². The summed E-state index contributed by atoms with van der Waals surface area (Å²) in [5.41, 5.74) is 25.7. The number of anilines is 3. The summed E-state index contributed by atoms with van der Waals surface area (Å²) in [6.07, 6.45) is 2.94. The maximum absolute atomic E-state index is 12.9. The van der Waals surface area contributed by atoms with E-state index in [1.165, 1.54) is 0 Å². The first-order valence-electron chi connectivity index (χ1n) is 13.3. The van der Waals surface area contributed by atoms with Crippen molar-refractivity contribution in [2.45, 2.75) is 62.2 Å². The monoisotopic (exact) mass is 508 g/mol. The van der Waals surface area contributed by atoms with Crippen LogP contribution >= 0.6 is 0 Å². The number of Topliss-reactive ketones (excluding diaryl/α,β-unsaturated/α-hetero) is 1. The Morgan fingerprint density at radius 2 is 1.14 bits per heavy atom.